The lowest BCUT2D eigenvalue weighted by Crippen LogP contribution is -2.49. The Morgan fingerprint density at radius 3 is 2.42 bits per heavy atom. The molecule has 0 unspecified atom stereocenters. The monoisotopic (exact) mass is 430 g/mol. The Bertz CT molecular complexity index is 836. The third-order valence-electron chi connectivity index (χ3n) is 5.39. The van der Waals surface area contributed by atoms with Crippen molar-refractivity contribution in [2.75, 3.05) is 45.8 Å². The minimum absolute atomic E-state index is 0.267. The molecule has 2 N–H and O–H groups in total. The van der Waals surface area contributed by atoms with Gasteiger partial charge in [-0.25, -0.2) is 0 Å². The molecule has 1 aliphatic rings. The first-order valence-electron chi connectivity index (χ1n) is 10.8. The van der Waals surface area contributed by atoms with Gasteiger partial charge >= 0.3 is 0 Å². The second kappa shape index (κ2) is 10.9. The van der Waals surface area contributed by atoms with E-state index in [0.717, 1.165) is 54.9 Å². The molecule has 3 rings (SSSR count). The number of rotatable bonds is 8. The summed E-state index contributed by atoms with van der Waals surface area (Å²) in [5.74, 6) is 4.07. The third-order valence-corrected chi connectivity index (χ3v) is 5.39. The van der Waals surface area contributed by atoms with E-state index in [4.69, 9.17) is 14.0 Å². The predicted octanol–water partition coefficient (Wildman–Crippen LogP) is 2.59. The highest BCUT2D eigenvalue weighted by Crippen LogP contribution is 2.30. The quantitative estimate of drug-likeness (QED) is 0.487. The minimum Gasteiger partial charge on any atom is -0.497 e. The number of piperidine rings is 1. The van der Waals surface area contributed by atoms with Crippen molar-refractivity contribution in [2.45, 2.75) is 45.1 Å². The molecule has 0 bridgehead atoms. The summed E-state index contributed by atoms with van der Waals surface area (Å²) in [6.45, 7) is 6.68. The molecule has 31 heavy (non-hydrogen) atoms. The lowest BCUT2D eigenvalue weighted by atomic mass is 10.0. The maximum absolute atomic E-state index is 5.40. The number of aliphatic imine (C=N–C) groups is 1. The van der Waals surface area contributed by atoms with Crippen molar-refractivity contribution in [1.82, 2.24) is 20.8 Å². The van der Waals surface area contributed by atoms with Crippen LogP contribution in [0.5, 0.6) is 11.5 Å². The van der Waals surface area contributed by atoms with Crippen LogP contribution in [-0.2, 0) is 6.42 Å². The molecule has 1 aliphatic heterocycles. The lowest BCUT2D eigenvalue weighted by molar-refractivity contribution is 0.371. The summed E-state index contributed by atoms with van der Waals surface area (Å²) in [4.78, 5) is 11.1. The molecule has 0 saturated carbocycles. The first kappa shape index (κ1) is 22.7. The van der Waals surface area contributed by atoms with Gasteiger partial charge in [-0.05, 0) is 12.8 Å². The number of hydrogen-bond donors (Lipinski definition) is 2. The normalized spacial score (nSPS) is 15.3. The van der Waals surface area contributed by atoms with Crippen molar-refractivity contribution in [3.63, 3.8) is 0 Å². The molecule has 1 saturated heterocycles. The van der Waals surface area contributed by atoms with Crippen molar-refractivity contribution in [2.24, 2.45) is 4.99 Å². The van der Waals surface area contributed by atoms with Crippen molar-refractivity contribution >= 4 is 11.6 Å². The number of benzene rings is 1. The average molecular weight is 431 g/mol. The molecular formula is C22H34N6O3. The molecule has 9 heteroatoms. The van der Waals surface area contributed by atoms with Crippen LogP contribution < -0.4 is 25.0 Å². The number of methoxy groups -OCH3 is 2. The molecule has 0 radical (unpaired) electrons. The maximum atomic E-state index is 5.40. The molecule has 2 heterocycles. The van der Waals surface area contributed by atoms with E-state index in [1.807, 2.05) is 6.07 Å². The number of nitrogens with zero attached hydrogens (tertiary/aromatic N) is 4. The van der Waals surface area contributed by atoms with Crippen molar-refractivity contribution in [3.8, 4) is 11.5 Å². The molecule has 0 aliphatic carbocycles. The summed E-state index contributed by atoms with van der Waals surface area (Å²) < 4.78 is 16.1. The summed E-state index contributed by atoms with van der Waals surface area (Å²) in [6.07, 6.45) is 2.69. The van der Waals surface area contributed by atoms with Gasteiger partial charge in [0.2, 0.25) is 5.89 Å². The molecule has 0 amide bonds. The highest BCUT2D eigenvalue weighted by atomic mass is 16.5. The summed E-state index contributed by atoms with van der Waals surface area (Å²) in [5.41, 5.74) is 1.12. The van der Waals surface area contributed by atoms with Crippen LogP contribution in [0, 0.1) is 0 Å². The van der Waals surface area contributed by atoms with Crippen LogP contribution in [0.3, 0.4) is 0 Å². The fourth-order valence-corrected chi connectivity index (χ4v) is 3.54. The van der Waals surface area contributed by atoms with Gasteiger partial charge < -0.3 is 29.5 Å². The van der Waals surface area contributed by atoms with Crippen molar-refractivity contribution in [1.29, 1.82) is 0 Å². The minimum atomic E-state index is 0.267. The summed E-state index contributed by atoms with van der Waals surface area (Å²) in [5, 5.41) is 10.9. The van der Waals surface area contributed by atoms with E-state index in [0.29, 0.717) is 24.9 Å². The first-order chi connectivity index (χ1) is 15.0. The number of ether oxygens (including phenoxy) is 2. The SMILES string of the molecule is CN=C(NCCc1nc(C(C)C)no1)NC1CCN(c2cc(OC)cc(OC)c2)CC1. The molecule has 9 nitrogen and oxygen atoms in total. The van der Waals surface area contributed by atoms with E-state index in [2.05, 4.69) is 56.6 Å². The van der Waals surface area contributed by atoms with Crippen LogP contribution >= 0.6 is 0 Å². The van der Waals surface area contributed by atoms with Crippen LogP contribution in [0.4, 0.5) is 5.69 Å². The van der Waals surface area contributed by atoms with Gasteiger partial charge in [0.1, 0.15) is 11.5 Å². The lowest BCUT2D eigenvalue weighted by Gasteiger charge is -2.34. The van der Waals surface area contributed by atoms with Crippen LogP contribution in [0.15, 0.2) is 27.7 Å². The number of guanidine groups is 1. The molecule has 0 spiro atoms. The fourth-order valence-electron chi connectivity index (χ4n) is 3.54. The Morgan fingerprint density at radius 1 is 1.19 bits per heavy atom. The van der Waals surface area contributed by atoms with E-state index in [1.165, 1.54) is 0 Å². The molecular weight excluding hydrogens is 396 g/mol. The topological polar surface area (TPSA) is 97.0 Å². The van der Waals surface area contributed by atoms with Crippen LogP contribution in [0.1, 0.15) is 44.3 Å². The van der Waals surface area contributed by atoms with Gasteiger partial charge in [-0.3, -0.25) is 4.99 Å². The molecule has 1 fully saturated rings. The summed E-state index contributed by atoms with van der Waals surface area (Å²) >= 11 is 0. The largest absolute Gasteiger partial charge is 0.497 e. The number of anilines is 1. The van der Waals surface area contributed by atoms with Gasteiger partial charge in [0.15, 0.2) is 11.8 Å². The predicted molar refractivity (Wildman–Crippen MR) is 121 cm³/mol. The van der Waals surface area contributed by atoms with Gasteiger partial charge in [0.25, 0.3) is 0 Å². The van der Waals surface area contributed by atoms with Crippen LogP contribution in [0.25, 0.3) is 0 Å². The number of nitrogens with one attached hydrogen (secondary N) is 2. The number of hydrogen-bond acceptors (Lipinski definition) is 7. The second-order valence-electron chi connectivity index (χ2n) is 7.93. The Labute approximate surface area is 184 Å². The third kappa shape index (κ3) is 6.26. The maximum Gasteiger partial charge on any atom is 0.228 e. The Hall–Kier alpha value is -2.97. The summed E-state index contributed by atoms with van der Waals surface area (Å²) in [7, 11) is 5.14. The molecule has 0 atom stereocenters. The number of aromatic nitrogens is 2. The van der Waals surface area contributed by atoms with Crippen LogP contribution in [-0.4, -0.2) is 63.0 Å². The van der Waals surface area contributed by atoms with Gasteiger partial charge in [0, 0.05) is 68.9 Å². The molecule has 170 valence electrons. The highest BCUT2D eigenvalue weighted by Gasteiger charge is 2.21. The molecule has 1 aromatic carbocycles. The zero-order chi connectivity index (χ0) is 22.2. The zero-order valence-electron chi connectivity index (χ0n) is 19.1. The molecule has 2 aromatic rings. The highest BCUT2D eigenvalue weighted by molar-refractivity contribution is 5.80. The second-order valence-corrected chi connectivity index (χ2v) is 7.93. The fraction of sp³-hybridized carbons (Fsp3) is 0.591. The Morgan fingerprint density at radius 2 is 1.87 bits per heavy atom. The standard InChI is InChI=1S/C22H34N6O3/c1-15(2)21-26-20(31-27-21)6-9-24-22(23-3)25-16-7-10-28(11-8-16)17-12-18(29-4)14-19(13-17)30-5/h12-16H,6-11H2,1-5H3,(H2,23,24,25). The Balaban J connectivity index is 1.45. The van der Waals surface area contributed by atoms with Gasteiger partial charge in [0.05, 0.1) is 14.2 Å². The average Bonchev–Trinajstić information content (AvgIpc) is 3.27. The van der Waals surface area contributed by atoms with Crippen LogP contribution in [0.2, 0.25) is 0 Å². The van der Waals surface area contributed by atoms with E-state index < -0.39 is 0 Å². The van der Waals surface area contributed by atoms with Gasteiger partial charge in [-0.15, -0.1) is 0 Å². The smallest absolute Gasteiger partial charge is 0.228 e. The van der Waals surface area contributed by atoms with Gasteiger partial charge in [-0.1, -0.05) is 19.0 Å². The van der Waals surface area contributed by atoms with Gasteiger partial charge in [-0.2, -0.15) is 4.98 Å². The van der Waals surface area contributed by atoms with E-state index in [1.54, 1.807) is 21.3 Å². The summed E-state index contributed by atoms with van der Waals surface area (Å²) in [6, 6.07) is 6.37. The molecule has 1 aromatic heterocycles. The van der Waals surface area contributed by atoms with E-state index >= 15 is 0 Å². The van der Waals surface area contributed by atoms with Crippen molar-refractivity contribution in [3.05, 3.63) is 29.9 Å². The Kier molecular flexibility index (Phi) is 7.97. The van der Waals surface area contributed by atoms with E-state index in [9.17, 15) is 0 Å². The van der Waals surface area contributed by atoms with Crippen molar-refractivity contribution < 1.29 is 14.0 Å². The zero-order valence-corrected chi connectivity index (χ0v) is 19.1. The first-order valence-corrected chi connectivity index (χ1v) is 10.8. The van der Waals surface area contributed by atoms with E-state index in [-0.39, 0.29) is 5.92 Å².